The van der Waals surface area contributed by atoms with Gasteiger partial charge in [0.25, 0.3) is 0 Å². The van der Waals surface area contributed by atoms with E-state index in [4.69, 9.17) is 4.74 Å². The molecule has 1 aliphatic carbocycles. The summed E-state index contributed by atoms with van der Waals surface area (Å²) < 4.78 is 20.4. The van der Waals surface area contributed by atoms with Crippen LogP contribution in [0.25, 0.3) is 22.5 Å². The number of phenolic OH excluding ortho intramolecular Hbond substituents is 1. The fraction of sp³-hybridized carbons (Fsp3) is 0.458. The third-order valence-electron chi connectivity index (χ3n) is 7.08. The summed E-state index contributed by atoms with van der Waals surface area (Å²) in [5, 5.41) is 30.6. The van der Waals surface area contributed by atoms with Crippen molar-refractivity contribution in [3.63, 3.8) is 0 Å². The Morgan fingerprint density at radius 2 is 1.94 bits per heavy atom. The van der Waals surface area contributed by atoms with E-state index < -0.39 is 6.17 Å². The van der Waals surface area contributed by atoms with E-state index in [1.807, 2.05) is 6.07 Å². The number of benzene rings is 1. The number of alkyl halides is 1. The van der Waals surface area contributed by atoms with Gasteiger partial charge in [-0.3, -0.25) is 0 Å². The van der Waals surface area contributed by atoms with Gasteiger partial charge in [0.1, 0.15) is 11.9 Å². The number of hydrogen-bond donors (Lipinski definition) is 2. The lowest BCUT2D eigenvalue weighted by Crippen LogP contribution is -2.57. The smallest absolute Gasteiger partial charge is 0.233 e. The number of hydrogen-bond acceptors (Lipinski definition) is 9. The van der Waals surface area contributed by atoms with Crippen molar-refractivity contribution in [2.45, 2.75) is 62.4 Å². The molecule has 9 nitrogen and oxygen atoms in total. The molecule has 0 unspecified atom stereocenters. The first-order valence-electron chi connectivity index (χ1n) is 11.7. The highest BCUT2D eigenvalue weighted by atomic mass is 19.1. The van der Waals surface area contributed by atoms with Gasteiger partial charge in [0.2, 0.25) is 5.88 Å². The van der Waals surface area contributed by atoms with Crippen molar-refractivity contribution in [3.05, 3.63) is 36.7 Å². The summed E-state index contributed by atoms with van der Waals surface area (Å²) in [7, 11) is 1.52. The lowest BCUT2D eigenvalue weighted by atomic mass is 9.96. The minimum absolute atomic E-state index is 0.0284. The van der Waals surface area contributed by atoms with Crippen molar-refractivity contribution < 1.29 is 14.2 Å². The Kier molecular flexibility index (Phi) is 5.24. The van der Waals surface area contributed by atoms with Crippen LogP contribution in [0.3, 0.4) is 0 Å². The zero-order valence-electron chi connectivity index (χ0n) is 18.8. The lowest BCUT2D eigenvalue weighted by Gasteiger charge is -2.40. The summed E-state index contributed by atoms with van der Waals surface area (Å²) in [6.07, 6.45) is 7.08. The van der Waals surface area contributed by atoms with Crippen LogP contribution < -0.4 is 15.0 Å². The van der Waals surface area contributed by atoms with Crippen LogP contribution in [0.2, 0.25) is 0 Å². The molecule has 3 fully saturated rings. The zero-order valence-corrected chi connectivity index (χ0v) is 18.8. The molecule has 6 rings (SSSR count). The van der Waals surface area contributed by atoms with Crippen LogP contribution in [0.1, 0.15) is 32.1 Å². The quantitative estimate of drug-likeness (QED) is 0.570. The molecular formula is C24H26FN7O2. The van der Waals surface area contributed by atoms with Gasteiger partial charge in [-0.15, -0.1) is 15.3 Å². The molecule has 2 aromatic heterocycles. The SMILES string of the molecule is COc1cc(-c2ccc(-c3ncc(N(C4CC4)[C@H]4C[C@H]5CC[C@H](N5)[C@H]4F)nn3)c(O)c2)cnn1. The number of phenols is 1. The topological polar surface area (TPSA) is 109 Å². The number of halogens is 1. The monoisotopic (exact) mass is 463 g/mol. The van der Waals surface area contributed by atoms with Gasteiger partial charge in [0.15, 0.2) is 11.6 Å². The second kappa shape index (κ2) is 8.43. The summed E-state index contributed by atoms with van der Waals surface area (Å²) in [6, 6.07) is 7.34. The summed E-state index contributed by atoms with van der Waals surface area (Å²) in [4.78, 5) is 6.59. The van der Waals surface area contributed by atoms with E-state index in [-0.39, 0.29) is 17.8 Å². The second-order valence-electron chi connectivity index (χ2n) is 9.29. The fourth-order valence-electron chi connectivity index (χ4n) is 5.24. The van der Waals surface area contributed by atoms with Crippen LogP contribution in [-0.4, -0.2) is 67.9 Å². The molecule has 10 heteroatoms. The summed E-state index contributed by atoms with van der Waals surface area (Å²) in [6.45, 7) is 0. The molecule has 3 aromatic rings. The summed E-state index contributed by atoms with van der Waals surface area (Å²) in [5.74, 6) is 1.34. The maximum atomic E-state index is 15.3. The summed E-state index contributed by atoms with van der Waals surface area (Å²) >= 11 is 0. The Morgan fingerprint density at radius 1 is 1.06 bits per heavy atom. The van der Waals surface area contributed by atoms with Gasteiger partial charge in [-0.1, -0.05) is 6.07 Å². The van der Waals surface area contributed by atoms with Crippen molar-refractivity contribution >= 4 is 5.82 Å². The van der Waals surface area contributed by atoms with Gasteiger partial charge < -0.3 is 20.1 Å². The maximum Gasteiger partial charge on any atom is 0.233 e. The Hall–Kier alpha value is -3.40. The van der Waals surface area contributed by atoms with E-state index in [0.29, 0.717) is 35.2 Å². The van der Waals surface area contributed by atoms with Crippen molar-refractivity contribution in [3.8, 4) is 34.1 Å². The molecule has 0 radical (unpaired) electrons. The fourth-order valence-corrected chi connectivity index (χ4v) is 5.24. The molecule has 3 aliphatic rings. The van der Waals surface area contributed by atoms with E-state index in [1.54, 1.807) is 30.6 Å². The first kappa shape index (κ1) is 21.2. The molecule has 2 bridgehead atoms. The Labute approximate surface area is 196 Å². The van der Waals surface area contributed by atoms with E-state index in [1.165, 1.54) is 7.11 Å². The summed E-state index contributed by atoms with van der Waals surface area (Å²) in [5.41, 5.74) is 1.99. The first-order chi connectivity index (χ1) is 16.6. The predicted octanol–water partition coefficient (Wildman–Crippen LogP) is 2.91. The number of piperidine rings is 1. The van der Waals surface area contributed by atoms with Crippen LogP contribution in [0, 0.1) is 0 Å². The highest BCUT2D eigenvalue weighted by Crippen LogP contribution is 2.40. The predicted molar refractivity (Wildman–Crippen MR) is 123 cm³/mol. The number of nitrogens with zero attached hydrogens (tertiary/aromatic N) is 6. The molecule has 0 amide bonds. The van der Waals surface area contributed by atoms with E-state index in [2.05, 4.69) is 35.6 Å². The van der Waals surface area contributed by atoms with E-state index in [9.17, 15) is 5.11 Å². The van der Waals surface area contributed by atoms with Crippen LogP contribution in [-0.2, 0) is 0 Å². The molecule has 4 heterocycles. The largest absolute Gasteiger partial charge is 0.507 e. The van der Waals surface area contributed by atoms with Gasteiger partial charge in [-0.05, 0) is 49.8 Å². The molecule has 1 saturated carbocycles. The Balaban J connectivity index is 1.26. The third-order valence-corrected chi connectivity index (χ3v) is 7.08. The molecule has 34 heavy (non-hydrogen) atoms. The molecule has 1 aromatic carbocycles. The minimum Gasteiger partial charge on any atom is -0.507 e. The molecule has 4 atom stereocenters. The average Bonchev–Trinajstić information content (AvgIpc) is 3.62. The number of nitrogens with one attached hydrogen (secondary N) is 1. The van der Waals surface area contributed by atoms with Crippen LogP contribution >= 0.6 is 0 Å². The molecule has 176 valence electrons. The maximum absolute atomic E-state index is 15.3. The molecule has 0 spiro atoms. The van der Waals surface area contributed by atoms with Crippen LogP contribution in [0.15, 0.2) is 36.7 Å². The molecule has 2 aliphatic heterocycles. The number of rotatable bonds is 6. The van der Waals surface area contributed by atoms with Gasteiger partial charge in [-0.25, -0.2) is 9.37 Å². The number of methoxy groups -OCH3 is 1. The number of fused-ring (bicyclic) bond motifs is 2. The van der Waals surface area contributed by atoms with Crippen molar-refractivity contribution in [2.75, 3.05) is 12.0 Å². The second-order valence-corrected chi connectivity index (χ2v) is 9.29. The third kappa shape index (κ3) is 3.81. The van der Waals surface area contributed by atoms with Gasteiger partial charge >= 0.3 is 0 Å². The Morgan fingerprint density at radius 3 is 2.68 bits per heavy atom. The van der Waals surface area contributed by atoms with Crippen molar-refractivity contribution in [1.82, 2.24) is 30.7 Å². The van der Waals surface area contributed by atoms with Crippen molar-refractivity contribution in [2.24, 2.45) is 0 Å². The first-order valence-corrected chi connectivity index (χ1v) is 11.7. The van der Waals surface area contributed by atoms with E-state index >= 15 is 4.39 Å². The van der Waals surface area contributed by atoms with Gasteiger partial charge in [0, 0.05) is 29.8 Å². The minimum atomic E-state index is -0.932. The normalized spacial score (nSPS) is 25.8. The highest BCUT2D eigenvalue weighted by Gasteiger charge is 2.48. The number of aromatic hydroxyl groups is 1. The van der Waals surface area contributed by atoms with Gasteiger partial charge in [-0.2, -0.15) is 5.10 Å². The molecule has 2 saturated heterocycles. The van der Waals surface area contributed by atoms with Crippen LogP contribution in [0.4, 0.5) is 10.2 Å². The van der Waals surface area contributed by atoms with E-state index in [0.717, 1.165) is 43.2 Å². The molecular weight excluding hydrogens is 437 g/mol. The zero-order chi connectivity index (χ0) is 23.2. The number of ether oxygens (including phenoxy) is 1. The van der Waals surface area contributed by atoms with Crippen LogP contribution in [0.5, 0.6) is 11.6 Å². The average molecular weight is 464 g/mol. The van der Waals surface area contributed by atoms with Gasteiger partial charge in [0.05, 0.1) is 31.1 Å². The lowest BCUT2D eigenvalue weighted by molar-refractivity contribution is 0.171. The number of aromatic nitrogens is 5. The highest BCUT2D eigenvalue weighted by molar-refractivity contribution is 5.72. The standard InChI is InChI=1S/C24H26FN7O2/c1-34-22-9-14(11-27-30-22)13-2-6-17(20(33)8-13)24-26-12-21(29-31-24)32(16-4-5-16)19-10-15-3-7-18(28-15)23(19)25/h2,6,8-9,11-12,15-16,18-19,23,28,33H,3-5,7,10H2,1H3/t15-,18+,19+,23-/m1/s1. The number of anilines is 1. The van der Waals surface area contributed by atoms with Crippen molar-refractivity contribution in [1.29, 1.82) is 0 Å². The molecule has 2 N–H and O–H groups in total. The Bertz CT molecular complexity index is 1190.